The van der Waals surface area contributed by atoms with Gasteiger partial charge in [0.15, 0.2) is 0 Å². The number of phenols is 1. The molecule has 19 heavy (non-hydrogen) atoms. The molecule has 1 N–H and O–H groups in total. The van der Waals surface area contributed by atoms with Crippen LogP contribution in [0.4, 0.5) is 0 Å². The van der Waals surface area contributed by atoms with Gasteiger partial charge in [0.05, 0.1) is 0 Å². The number of fused-ring (bicyclic) bond motifs is 1. The summed E-state index contributed by atoms with van der Waals surface area (Å²) in [5.41, 5.74) is 2.56. The van der Waals surface area contributed by atoms with Crippen LogP contribution in [0.1, 0.15) is 38.3 Å². The van der Waals surface area contributed by atoms with Crippen molar-refractivity contribution in [3.05, 3.63) is 30.0 Å². The first-order valence-electron chi connectivity index (χ1n) is 7.20. The van der Waals surface area contributed by atoms with Gasteiger partial charge in [-0.05, 0) is 63.5 Å². The Balaban J connectivity index is 2.04. The molecule has 0 spiro atoms. The fraction of sp³-hybridized carbons (Fsp3) is 0.500. The highest BCUT2D eigenvalue weighted by Crippen LogP contribution is 2.29. The van der Waals surface area contributed by atoms with Gasteiger partial charge < -0.3 is 9.67 Å². The maximum atomic E-state index is 9.74. The minimum absolute atomic E-state index is 0.358. The van der Waals surface area contributed by atoms with Crippen LogP contribution in [0.5, 0.6) is 5.75 Å². The first kappa shape index (κ1) is 12.5. The smallest absolute Gasteiger partial charge is 0.116 e. The second-order valence-corrected chi connectivity index (χ2v) is 5.84. The van der Waals surface area contributed by atoms with E-state index < -0.39 is 0 Å². The van der Waals surface area contributed by atoms with Crippen LogP contribution in [0, 0.1) is 0 Å². The van der Waals surface area contributed by atoms with Gasteiger partial charge in [0.1, 0.15) is 5.75 Å². The molecule has 2 aromatic rings. The van der Waals surface area contributed by atoms with Crippen LogP contribution >= 0.6 is 0 Å². The van der Waals surface area contributed by atoms with Gasteiger partial charge in [0, 0.05) is 29.7 Å². The molecule has 102 valence electrons. The van der Waals surface area contributed by atoms with Crippen LogP contribution in [0.25, 0.3) is 10.9 Å². The Morgan fingerprint density at radius 1 is 1.21 bits per heavy atom. The molecule has 0 unspecified atom stereocenters. The SMILES string of the molecule is CC(C)n1cc(CN2CCCC2)c2cc(O)ccc21. The Morgan fingerprint density at radius 2 is 1.95 bits per heavy atom. The highest BCUT2D eigenvalue weighted by Gasteiger charge is 2.16. The number of rotatable bonds is 3. The van der Waals surface area contributed by atoms with Crippen molar-refractivity contribution >= 4 is 10.9 Å². The lowest BCUT2D eigenvalue weighted by molar-refractivity contribution is 0.332. The first-order chi connectivity index (χ1) is 9.15. The summed E-state index contributed by atoms with van der Waals surface area (Å²) in [6.45, 7) is 7.80. The van der Waals surface area contributed by atoms with Crippen LogP contribution in [0.3, 0.4) is 0 Å². The first-order valence-corrected chi connectivity index (χ1v) is 7.20. The third-order valence-electron chi connectivity index (χ3n) is 4.05. The molecular weight excluding hydrogens is 236 g/mol. The minimum atomic E-state index is 0.358. The lowest BCUT2D eigenvalue weighted by atomic mass is 10.1. The Bertz CT molecular complexity index is 580. The summed E-state index contributed by atoms with van der Waals surface area (Å²) >= 11 is 0. The monoisotopic (exact) mass is 258 g/mol. The van der Waals surface area contributed by atoms with Crippen molar-refractivity contribution in [2.45, 2.75) is 39.3 Å². The van der Waals surface area contributed by atoms with Crippen molar-refractivity contribution in [3.63, 3.8) is 0 Å². The van der Waals surface area contributed by atoms with Crippen molar-refractivity contribution < 1.29 is 5.11 Å². The fourth-order valence-corrected chi connectivity index (χ4v) is 3.05. The predicted molar refractivity (Wildman–Crippen MR) is 78.5 cm³/mol. The van der Waals surface area contributed by atoms with E-state index in [0.717, 1.165) is 6.54 Å². The predicted octanol–water partition coefficient (Wildman–Crippen LogP) is 3.52. The summed E-state index contributed by atoms with van der Waals surface area (Å²) < 4.78 is 2.31. The molecule has 1 saturated heterocycles. The summed E-state index contributed by atoms with van der Waals surface area (Å²) in [7, 11) is 0. The van der Waals surface area contributed by atoms with Crippen molar-refractivity contribution in [1.29, 1.82) is 0 Å². The van der Waals surface area contributed by atoms with Crippen molar-refractivity contribution in [2.75, 3.05) is 13.1 Å². The minimum Gasteiger partial charge on any atom is -0.508 e. The molecule has 1 aliphatic heterocycles. The Morgan fingerprint density at radius 3 is 2.63 bits per heavy atom. The van der Waals surface area contributed by atoms with E-state index in [1.54, 1.807) is 6.07 Å². The average Bonchev–Trinajstić information content (AvgIpc) is 2.98. The Labute approximate surface area is 114 Å². The largest absolute Gasteiger partial charge is 0.508 e. The third kappa shape index (κ3) is 2.35. The highest BCUT2D eigenvalue weighted by molar-refractivity contribution is 5.85. The molecule has 3 nitrogen and oxygen atoms in total. The van der Waals surface area contributed by atoms with Gasteiger partial charge in [-0.2, -0.15) is 0 Å². The zero-order chi connectivity index (χ0) is 13.4. The Hall–Kier alpha value is -1.48. The van der Waals surface area contributed by atoms with E-state index in [-0.39, 0.29) is 0 Å². The van der Waals surface area contributed by atoms with Crippen LogP contribution in [0.2, 0.25) is 0 Å². The molecule has 1 aromatic carbocycles. The molecule has 3 rings (SSSR count). The van der Waals surface area contributed by atoms with Crippen molar-refractivity contribution in [2.24, 2.45) is 0 Å². The molecular formula is C16H22N2O. The third-order valence-corrected chi connectivity index (χ3v) is 4.05. The lowest BCUT2D eigenvalue weighted by Gasteiger charge is -2.13. The van der Waals surface area contributed by atoms with E-state index in [2.05, 4.69) is 29.5 Å². The van der Waals surface area contributed by atoms with Crippen molar-refractivity contribution in [1.82, 2.24) is 9.47 Å². The molecule has 1 aromatic heterocycles. The number of aromatic hydroxyl groups is 1. The molecule has 0 aliphatic carbocycles. The number of aromatic nitrogens is 1. The quantitative estimate of drug-likeness (QED) is 0.912. The summed E-state index contributed by atoms with van der Waals surface area (Å²) in [5, 5.41) is 10.9. The number of benzene rings is 1. The molecule has 3 heteroatoms. The van der Waals surface area contributed by atoms with Gasteiger partial charge in [0.2, 0.25) is 0 Å². The number of hydrogen-bond donors (Lipinski definition) is 1. The number of phenolic OH excluding ortho intramolecular Hbond substituents is 1. The van der Waals surface area contributed by atoms with Gasteiger partial charge in [-0.3, -0.25) is 4.90 Å². The molecule has 0 amide bonds. The molecule has 0 saturated carbocycles. The van der Waals surface area contributed by atoms with E-state index in [1.165, 1.54) is 42.4 Å². The Kier molecular flexibility index (Phi) is 3.23. The summed E-state index contributed by atoms with van der Waals surface area (Å²) in [6, 6.07) is 6.15. The molecule has 0 atom stereocenters. The van der Waals surface area contributed by atoms with E-state index in [0.29, 0.717) is 11.8 Å². The van der Waals surface area contributed by atoms with Crippen LogP contribution in [-0.2, 0) is 6.54 Å². The van der Waals surface area contributed by atoms with Gasteiger partial charge >= 0.3 is 0 Å². The van der Waals surface area contributed by atoms with E-state index in [9.17, 15) is 5.11 Å². The summed E-state index contributed by atoms with van der Waals surface area (Å²) in [5.74, 6) is 0.358. The van der Waals surface area contributed by atoms with Crippen LogP contribution in [-0.4, -0.2) is 27.7 Å². The second kappa shape index (κ2) is 4.89. The maximum Gasteiger partial charge on any atom is 0.116 e. The normalized spacial score (nSPS) is 16.8. The zero-order valence-corrected chi connectivity index (χ0v) is 11.8. The molecule has 0 bridgehead atoms. The zero-order valence-electron chi connectivity index (χ0n) is 11.8. The molecule has 1 aliphatic rings. The van der Waals surface area contributed by atoms with Crippen molar-refractivity contribution in [3.8, 4) is 5.75 Å². The number of likely N-dealkylation sites (tertiary alicyclic amines) is 1. The number of hydrogen-bond acceptors (Lipinski definition) is 2. The van der Waals surface area contributed by atoms with Gasteiger partial charge in [-0.25, -0.2) is 0 Å². The van der Waals surface area contributed by atoms with Crippen LogP contribution in [0.15, 0.2) is 24.4 Å². The summed E-state index contributed by atoms with van der Waals surface area (Å²) in [6.07, 6.45) is 4.88. The van der Waals surface area contributed by atoms with Crippen LogP contribution < -0.4 is 0 Å². The molecule has 0 radical (unpaired) electrons. The fourth-order valence-electron chi connectivity index (χ4n) is 3.05. The number of nitrogens with zero attached hydrogens (tertiary/aromatic N) is 2. The van der Waals surface area contributed by atoms with E-state index >= 15 is 0 Å². The highest BCUT2D eigenvalue weighted by atomic mass is 16.3. The lowest BCUT2D eigenvalue weighted by Crippen LogP contribution is -2.18. The standard InChI is InChI=1S/C16H22N2O/c1-12(2)18-11-13(10-17-7-3-4-8-17)15-9-14(19)5-6-16(15)18/h5-6,9,11-12,19H,3-4,7-8,10H2,1-2H3. The van der Waals surface area contributed by atoms with Gasteiger partial charge in [0.25, 0.3) is 0 Å². The van der Waals surface area contributed by atoms with Gasteiger partial charge in [-0.1, -0.05) is 0 Å². The molecule has 1 fully saturated rings. The average molecular weight is 258 g/mol. The molecule has 2 heterocycles. The topological polar surface area (TPSA) is 28.4 Å². The van der Waals surface area contributed by atoms with E-state index in [1.807, 2.05) is 12.1 Å². The maximum absolute atomic E-state index is 9.74. The van der Waals surface area contributed by atoms with Gasteiger partial charge in [-0.15, -0.1) is 0 Å². The van der Waals surface area contributed by atoms with E-state index in [4.69, 9.17) is 0 Å². The second-order valence-electron chi connectivity index (χ2n) is 5.84. The summed E-state index contributed by atoms with van der Waals surface area (Å²) in [4.78, 5) is 2.50.